The van der Waals surface area contributed by atoms with Crippen LogP contribution in [0.5, 0.6) is 0 Å². The summed E-state index contributed by atoms with van der Waals surface area (Å²) < 4.78 is 43.0. The molecule has 0 unspecified atom stereocenters. The maximum atomic E-state index is 12.7. The number of halogens is 3. The molecule has 1 aromatic rings. The minimum Gasteiger partial charge on any atom is -0.444 e. The summed E-state index contributed by atoms with van der Waals surface area (Å²) in [4.78, 5) is 11.4. The molecule has 0 atom stereocenters. The van der Waals surface area contributed by atoms with Crippen molar-refractivity contribution < 1.29 is 22.7 Å². The molecule has 0 aliphatic carbocycles. The first-order valence-corrected chi connectivity index (χ1v) is 6.85. The third-order valence-electron chi connectivity index (χ3n) is 2.57. The van der Waals surface area contributed by atoms with Crippen LogP contribution in [-0.2, 0) is 10.9 Å². The summed E-state index contributed by atoms with van der Waals surface area (Å²) in [5.41, 5.74) is -1.67. The molecule has 0 radical (unpaired) electrons. The predicted octanol–water partition coefficient (Wildman–Crippen LogP) is 3.51. The highest BCUT2D eigenvalue weighted by Crippen LogP contribution is 2.32. The fourth-order valence-electron chi connectivity index (χ4n) is 1.68. The number of rotatable bonds is 4. The molecule has 5 nitrogen and oxygen atoms in total. The molecule has 0 aliphatic heterocycles. The lowest BCUT2D eigenvalue weighted by Gasteiger charge is -2.19. The number of nitriles is 1. The van der Waals surface area contributed by atoms with Gasteiger partial charge in [0.15, 0.2) is 0 Å². The lowest BCUT2D eigenvalue weighted by atomic mass is 10.1. The van der Waals surface area contributed by atoms with Crippen molar-refractivity contribution in [1.29, 1.82) is 5.26 Å². The van der Waals surface area contributed by atoms with E-state index in [1.807, 2.05) is 0 Å². The number of nitrogens with zero attached hydrogens (tertiary/aromatic N) is 1. The second-order valence-corrected chi connectivity index (χ2v) is 5.73. The van der Waals surface area contributed by atoms with Gasteiger partial charge < -0.3 is 15.4 Å². The maximum absolute atomic E-state index is 12.7. The van der Waals surface area contributed by atoms with Crippen molar-refractivity contribution in [2.45, 2.75) is 32.5 Å². The van der Waals surface area contributed by atoms with Gasteiger partial charge in [0.05, 0.1) is 17.2 Å². The number of hydrogen-bond acceptors (Lipinski definition) is 4. The van der Waals surface area contributed by atoms with Crippen LogP contribution in [-0.4, -0.2) is 24.8 Å². The van der Waals surface area contributed by atoms with Crippen molar-refractivity contribution in [3.05, 3.63) is 29.3 Å². The van der Waals surface area contributed by atoms with Gasteiger partial charge in [0, 0.05) is 18.8 Å². The van der Waals surface area contributed by atoms with Gasteiger partial charge in [-0.25, -0.2) is 4.79 Å². The number of hydrogen-bond donors (Lipinski definition) is 2. The van der Waals surface area contributed by atoms with Gasteiger partial charge in [-0.05, 0) is 39.0 Å². The minimum atomic E-state index is -4.57. The molecule has 0 aromatic heterocycles. The summed E-state index contributed by atoms with van der Waals surface area (Å²) in [6.45, 7) is 5.69. The quantitative estimate of drug-likeness (QED) is 0.829. The largest absolute Gasteiger partial charge is 0.444 e. The Labute approximate surface area is 132 Å². The van der Waals surface area contributed by atoms with Crippen molar-refractivity contribution in [3.8, 4) is 6.07 Å². The number of carbonyl (C=O) groups is 1. The van der Waals surface area contributed by atoms with Crippen molar-refractivity contribution in [2.75, 3.05) is 18.4 Å². The second kappa shape index (κ2) is 7.22. The Morgan fingerprint density at radius 3 is 2.43 bits per heavy atom. The zero-order chi connectivity index (χ0) is 17.7. The van der Waals surface area contributed by atoms with Crippen LogP contribution in [0.2, 0.25) is 0 Å². The van der Waals surface area contributed by atoms with E-state index < -0.39 is 29.0 Å². The smallest absolute Gasteiger partial charge is 0.417 e. The third kappa shape index (κ3) is 6.46. The van der Waals surface area contributed by atoms with E-state index in [2.05, 4.69) is 10.6 Å². The highest BCUT2D eigenvalue weighted by Gasteiger charge is 2.33. The molecule has 0 fully saturated rings. The third-order valence-corrected chi connectivity index (χ3v) is 2.57. The fourth-order valence-corrected chi connectivity index (χ4v) is 1.68. The minimum absolute atomic E-state index is 0.220. The first-order chi connectivity index (χ1) is 10.5. The Bertz CT molecular complexity index is 601. The summed E-state index contributed by atoms with van der Waals surface area (Å²) in [5.74, 6) is 0. The standard InChI is InChI=1S/C15H18F3N3O2/c1-14(2,3)23-13(22)21-7-6-20-11-4-5-12(15(16,17)18)10(8-11)9-19/h4-5,8,20H,6-7H2,1-3H3,(H,21,22). The van der Waals surface area contributed by atoms with Gasteiger partial charge in [-0.2, -0.15) is 18.4 Å². The molecule has 0 saturated heterocycles. The van der Waals surface area contributed by atoms with Crippen molar-refractivity contribution in [1.82, 2.24) is 5.32 Å². The van der Waals surface area contributed by atoms with Gasteiger partial charge >= 0.3 is 12.3 Å². The fraction of sp³-hybridized carbons (Fsp3) is 0.467. The van der Waals surface area contributed by atoms with Crippen LogP contribution >= 0.6 is 0 Å². The highest BCUT2D eigenvalue weighted by atomic mass is 19.4. The van der Waals surface area contributed by atoms with Crippen LogP contribution in [0.1, 0.15) is 31.9 Å². The molecule has 1 amide bonds. The molecule has 1 aromatic carbocycles. The van der Waals surface area contributed by atoms with Crippen molar-refractivity contribution >= 4 is 11.8 Å². The zero-order valence-electron chi connectivity index (χ0n) is 13.0. The van der Waals surface area contributed by atoms with Gasteiger partial charge in [0.25, 0.3) is 0 Å². The Morgan fingerprint density at radius 1 is 1.26 bits per heavy atom. The van der Waals surface area contributed by atoms with Gasteiger partial charge in [-0.15, -0.1) is 0 Å². The highest BCUT2D eigenvalue weighted by molar-refractivity contribution is 5.67. The summed E-state index contributed by atoms with van der Waals surface area (Å²) in [6, 6.07) is 4.73. The summed E-state index contributed by atoms with van der Waals surface area (Å²) >= 11 is 0. The number of benzene rings is 1. The molecule has 126 valence electrons. The van der Waals surface area contributed by atoms with E-state index in [9.17, 15) is 18.0 Å². The van der Waals surface area contributed by atoms with Crippen molar-refractivity contribution in [2.24, 2.45) is 0 Å². The molecule has 0 aliphatic rings. The number of ether oxygens (including phenoxy) is 1. The lowest BCUT2D eigenvalue weighted by molar-refractivity contribution is -0.137. The van der Waals surface area contributed by atoms with Crippen LogP contribution < -0.4 is 10.6 Å². The van der Waals surface area contributed by atoms with Crippen LogP contribution in [0, 0.1) is 11.3 Å². The van der Waals surface area contributed by atoms with E-state index in [0.717, 1.165) is 12.1 Å². The molecular weight excluding hydrogens is 311 g/mol. The monoisotopic (exact) mass is 329 g/mol. The molecule has 0 saturated carbocycles. The molecule has 0 spiro atoms. The lowest BCUT2D eigenvalue weighted by Crippen LogP contribution is -2.35. The van der Waals surface area contributed by atoms with Gasteiger partial charge in [-0.1, -0.05) is 0 Å². The number of nitrogens with one attached hydrogen (secondary N) is 2. The van der Waals surface area contributed by atoms with E-state index in [-0.39, 0.29) is 13.1 Å². The predicted molar refractivity (Wildman–Crippen MR) is 78.9 cm³/mol. The SMILES string of the molecule is CC(C)(C)OC(=O)NCCNc1ccc(C(F)(F)F)c(C#N)c1. The molecule has 0 heterocycles. The van der Waals surface area contributed by atoms with E-state index in [1.165, 1.54) is 12.1 Å². The Balaban J connectivity index is 2.54. The first-order valence-electron chi connectivity index (χ1n) is 6.85. The number of carbonyl (C=O) groups excluding carboxylic acids is 1. The number of amides is 1. The molecule has 1 rings (SSSR count). The van der Waals surface area contributed by atoms with Gasteiger partial charge in [0.2, 0.25) is 0 Å². The number of alkyl carbamates (subject to hydrolysis) is 1. The average molecular weight is 329 g/mol. The van der Waals surface area contributed by atoms with Gasteiger partial charge in [-0.3, -0.25) is 0 Å². The second-order valence-electron chi connectivity index (χ2n) is 5.73. The number of alkyl halides is 3. The van der Waals surface area contributed by atoms with E-state index in [0.29, 0.717) is 5.69 Å². The molecule has 0 bridgehead atoms. The van der Waals surface area contributed by atoms with Crippen LogP contribution in [0.15, 0.2) is 18.2 Å². The summed E-state index contributed by atoms with van der Waals surface area (Å²) in [5, 5.41) is 14.1. The molecule has 2 N–H and O–H groups in total. The van der Waals surface area contributed by atoms with Crippen LogP contribution in [0.3, 0.4) is 0 Å². The molecule has 8 heteroatoms. The Morgan fingerprint density at radius 2 is 1.91 bits per heavy atom. The molecular formula is C15H18F3N3O2. The van der Waals surface area contributed by atoms with E-state index >= 15 is 0 Å². The van der Waals surface area contributed by atoms with Gasteiger partial charge in [0.1, 0.15) is 5.60 Å². The Hall–Kier alpha value is -2.43. The van der Waals surface area contributed by atoms with Crippen LogP contribution in [0.25, 0.3) is 0 Å². The normalized spacial score (nSPS) is 11.5. The zero-order valence-corrected chi connectivity index (χ0v) is 13.0. The summed E-state index contributed by atoms with van der Waals surface area (Å²) in [7, 11) is 0. The Kier molecular flexibility index (Phi) is 5.85. The van der Waals surface area contributed by atoms with Crippen molar-refractivity contribution in [3.63, 3.8) is 0 Å². The topological polar surface area (TPSA) is 74.2 Å². The molecule has 23 heavy (non-hydrogen) atoms. The van der Waals surface area contributed by atoms with E-state index in [4.69, 9.17) is 10.00 Å². The van der Waals surface area contributed by atoms with Crippen LogP contribution in [0.4, 0.5) is 23.7 Å². The maximum Gasteiger partial charge on any atom is 0.417 e. The van der Waals surface area contributed by atoms with E-state index in [1.54, 1.807) is 20.8 Å². The average Bonchev–Trinajstić information content (AvgIpc) is 2.40. The summed E-state index contributed by atoms with van der Waals surface area (Å²) in [6.07, 6.45) is -5.15. The first kappa shape index (κ1) is 18.6. The number of anilines is 1.